The molecule has 0 fully saturated rings. The average molecular weight is 717 g/mol. The van der Waals surface area contributed by atoms with Crippen molar-refractivity contribution < 1.29 is 43.3 Å². The van der Waals surface area contributed by atoms with Crippen LogP contribution in [0.5, 0.6) is 0 Å². The van der Waals surface area contributed by atoms with Crippen LogP contribution in [0.3, 0.4) is 0 Å². The van der Waals surface area contributed by atoms with E-state index in [2.05, 4.69) is 21.3 Å². The van der Waals surface area contributed by atoms with Gasteiger partial charge in [-0.2, -0.15) is 0 Å². The van der Waals surface area contributed by atoms with Crippen molar-refractivity contribution in [2.75, 3.05) is 19.7 Å². The summed E-state index contributed by atoms with van der Waals surface area (Å²) in [4.78, 5) is 62.2. The molecule has 3 aromatic carbocycles. The molecule has 0 saturated heterocycles. The molecular formula is C39H48N4O9. The molecule has 278 valence electrons. The number of carbonyl (C=O) groups is 5. The Kier molecular flexibility index (Phi) is 14.4. The Balaban J connectivity index is 1.19. The summed E-state index contributed by atoms with van der Waals surface area (Å²) in [5.74, 6) is -1.81. The van der Waals surface area contributed by atoms with Crippen LogP contribution in [-0.4, -0.2) is 72.6 Å². The maximum absolute atomic E-state index is 13.1. The van der Waals surface area contributed by atoms with Crippen LogP contribution in [0.15, 0.2) is 78.9 Å². The van der Waals surface area contributed by atoms with E-state index in [4.69, 9.17) is 14.2 Å². The number of hydrogen-bond acceptors (Lipinski definition) is 8. The number of carboxylic acid groups (broad SMARTS) is 1. The minimum absolute atomic E-state index is 0.0606. The fraction of sp³-hybridized carbons (Fsp3) is 0.410. The Bertz CT molecular complexity index is 1630. The quantitative estimate of drug-likeness (QED) is 0.0844. The van der Waals surface area contributed by atoms with E-state index in [0.29, 0.717) is 19.3 Å². The van der Waals surface area contributed by atoms with E-state index in [-0.39, 0.29) is 45.1 Å². The van der Waals surface area contributed by atoms with E-state index >= 15 is 0 Å². The minimum atomic E-state index is -1.20. The van der Waals surface area contributed by atoms with Gasteiger partial charge in [0.05, 0.1) is 0 Å². The summed E-state index contributed by atoms with van der Waals surface area (Å²) in [7, 11) is 0. The lowest BCUT2D eigenvalue weighted by Gasteiger charge is -2.23. The summed E-state index contributed by atoms with van der Waals surface area (Å²) >= 11 is 0. The molecule has 0 aliphatic heterocycles. The van der Waals surface area contributed by atoms with Gasteiger partial charge in [-0.05, 0) is 80.7 Å². The molecular weight excluding hydrogens is 668 g/mol. The molecule has 1 aliphatic rings. The van der Waals surface area contributed by atoms with Crippen molar-refractivity contribution in [3.05, 3.63) is 95.6 Å². The van der Waals surface area contributed by atoms with Gasteiger partial charge in [0.15, 0.2) is 0 Å². The zero-order valence-corrected chi connectivity index (χ0v) is 29.8. The van der Waals surface area contributed by atoms with Crippen molar-refractivity contribution in [1.82, 2.24) is 21.3 Å². The zero-order chi connectivity index (χ0) is 37.5. The average Bonchev–Trinajstić information content (AvgIpc) is 3.43. The van der Waals surface area contributed by atoms with Gasteiger partial charge >= 0.3 is 24.2 Å². The second kappa shape index (κ2) is 19.1. The minimum Gasteiger partial charge on any atom is -0.480 e. The molecule has 0 bridgehead atoms. The monoisotopic (exact) mass is 716 g/mol. The number of amides is 4. The summed E-state index contributed by atoms with van der Waals surface area (Å²) in [5.41, 5.74) is 4.34. The number of alkyl carbamates (subject to hydrolysis) is 3. The van der Waals surface area contributed by atoms with Gasteiger partial charge in [0.25, 0.3) is 0 Å². The van der Waals surface area contributed by atoms with Gasteiger partial charge in [0, 0.05) is 19.0 Å². The smallest absolute Gasteiger partial charge is 0.408 e. The largest absolute Gasteiger partial charge is 0.480 e. The van der Waals surface area contributed by atoms with Crippen LogP contribution < -0.4 is 21.3 Å². The Labute approximate surface area is 303 Å². The second-order valence-corrected chi connectivity index (χ2v) is 13.5. The standard InChI is InChI=1S/C39H48N4O9/c1-39(2,3)52-38(49)42-32(21-13-23-41-36(47)50-24-26-14-5-4-6-15-26)34(44)40-22-12-11-20-33(35(45)46)43-37(48)51-25-31-29-18-9-7-16-27(29)28-17-8-10-19-30(28)31/h4-10,14-19,31-33H,11-13,20-25H2,1-3H3,(H,40,44)(H,41,47)(H,42,49)(H,43,48)(H,45,46)/t32-,33?/m0/s1. The molecule has 1 aliphatic carbocycles. The van der Waals surface area contributed by atoms with Gasteiger partial charge in [-0.1, -0.05) is 78.9 Å². The highest BCUT2D eigenvalue weighted by atomic mass is 16.6. The van der Waals surface area contributed by atoms with Crippen LogP contribution in [0.2, 0.25) is 0 Å². The number of nitrogens with one attached hydrogen (secondary N) is 4. The van der Waals surface area contributed by atoms with Crippen LogP contribution in [0, 0.1) is 0 Å². The van der Waals surface area contributed by atoms with Gasteiger partial charge in [0.1, 0.15) is 30.9 Å². The maximum Gasteiger partial charge on any atom is 0.408 e. The predicted molar refractivity (Wildman–Crippen MR) is 194 cm³/mol. The molecule has 0 radical (unpaired) electrons. The molecule has 5 N–H and O–H groups in total. The number of carbonyl (C=O) groups excluding carboxylic acids is 4. The van der Waals surface area contributed by atoms with E-state index in [1.807, 2.05) is 78.9 Å². The van der Waals surface area contributed by atoms with Crippen molar-refractivity contribution >= 4 is 30.2 Å². The number of benzene rings is 3. The Morgan fingerprint density at radius 1 is 0.673 bits per heavy atom. The number of aliphatic carboxylic acids is 1. The molecule has 3 aromatic rings. The highest BCUT2D eigenvalue weighted by Gasteiger charge is 2.30. The summed E-state index contributed by atoms with van der Waals surface area (Å²) in [6, 6.07) is 23.0. The predicted octanol–water partition coefficient (Wildman–Crippen LogP) is 5.86. The fourth-order valence-corrected chi connectivity index (χ4v) is 5.84. The molecule has 52 heavy (non-hydrogen) atoms. The van der Waals surface area contributed by atoms with Crippen molar-refractivity contribution in [2.45, 2.75) is 83.1 Å². The molecule has 13 heteroatoms. The molecule has 4 rings (SSSR count). The van der Waals surface area contributed by atoms with Crippen LogP contribution in [0.25, 0.3) is 11.1 Å². The van der Waals surface area contributed by atoms with Crippen molar-refractivity contribution in [2.24, 2.45) is 0 Å². The summed E-state index contributed by atoms with van der Waals surface area (Å²) in [5, 5.41) is 20.2. The Hall–Kier alpha value is -5.59. The molecule has 4 amide bonds. The van der Waals surface area contributed by atoms with E-state index in [1.165, 1.54) is 0 Å². The maximum atomic E-state index is 13.1. The molecule has 0 aromatic heterocycles. The summed E-state index contributed by atoms with van der Waals surface area (Å²) in [6.07, 6.45) is -0.718. The second-order valence-electron chi connectivity index (χ2n) is 13.5. The number of fused-ring (bicyclic) bond motifs is 3. The Morgan fingerprint density at radius 2 is 1.25 bits per heavy atom. The third-order valence-corrected chi connectivity index (χ3v) is 8.31. The summed E-state index contributed by atoms with van der Waals surface area (Å²) < 4.78 is 16.0. The third-order valence-electron chi connectivity index (χ3n) is 8.31. The van der Waals surface area contributed by atoms with Crippen LogP contribution in [0.4, 0.5) is 14.4 Å². The van der Waals surface area contributed by atoms with Crippen molar-refractivity contribution in [3.8, 4) is 11.1 Å². The normalized spacial score (nSPS) is 13.1. The van der Waals surface area contributed by atoms with Crippen molar-refractivity contribution in [3.63, 3.8) is 0 Å². The first-order chi connectivity index (χ1) is 24.9. The SMILES string of the molecule is CC(C)(C)OC(=O)N[C@@H](CCCNC(=O)OCc1ccccc1)C(=O)NCCCCC(NC(=O)OCC1c2ccccc2-c2ccccc21)C(=O)O. The molecule has 0 heterocycles. The fourth-order valence-electron chi connectivity index (χ4n) is 5.84. The van der Waals surface area contributed by atoms with E-state index < -0.39 is 47.8 Å². The summed E-state index contributed by atoms with van der Waals surface area (Å²) in [6.45, 7) is 5.72. The highest BCUT2D eigenvalue weighted by molar-refractivity contribution is 5.85. The number of unbranched alkanes of at least 4 members (excludes halogenated alkanes) is 1. The third kappa shape index (κ3) is 12.3. The number of ether oxygens (including phenoxy) is 3. The van der Waals surface area contributed by atoms with E-state index in [1.54, 1.807) is 20.8 Å². The topological polar surface area (TPSA) is 181 Å². The van der Waals surface area contributed by atoms with Gasteiger partial charge in [-0.15, -0.1) is 0 Å². The van der Waals surface area contributed by atoms with Gasteiger partial charge in [0.2, 0.25) is 5.91 Å². The first-order valence-corrected chi connectivity index (χ1v) is 17.5. The van der Waals surface area contributed by atoms with Crippen molar-refractivity contribution in [1.29, 1.82) is 0 Å². The first kappa shape index (κ1) is 39.2. The lowest BCUT2D eigenvalue weighted by Crippen LogP contribution is -2.48. The highest BCUT2D eigenvalue weighted by Crippen LogP contribution is 2.44. The Morgan fingerprint density at radius 3 is 1.88 bits per heavy atom. The molecule has 13 nitrogen and oxygen atoms in total. The van der Waals surface area contributed by atoms with E-state index in [0.717, 1.165) is 27.8 Å². The number of hydrogen-bond donors (Lipinski definition) is 5. The number of carboxylic acids is 1. The lowest BCUT2D eigenvalue weighted by molar-refractivity contribution is -0.139. The number of rotatable bonds is 17. The zero-order valence-electron chi connectivity index (χ0n) is 29.8. The van der Waals surface area contributed by atoms with E-state index in [9.17, 15) is 29.1 Å². The van der Waals surface area contributed by atoms with Gasteiger partial charge in [-0.25, -0.2) is 19.2 Å². The van der Waals surface area contributed by atoms with Gasteiger partial charge in [-0.3, -0.25) is 4.79 Å². The van der Waals surface area contributed by atoms with Crippen LogP contribution in [0.1, 0.15) is 75.5 Å². The first-order valence-electron chi connectivity index (χ1n) is 17.5. The molecule has 1 unspecified atom stereocenters. The molecule has 0 spiro atoms. The lowest BCUT2D eigenvalue weighted by atomic mass is 9.98. The molecule has 2 atom stereocenters. The van der Waals surface area contributed by atoms with Crippen LogP contribution >= 0.6 is 0 Å². The van der Waals surface area contributed by atoms with Crippen LogP contribution in [-0.2, 0) is 30.4 Å². The van der Waals surface area contributed by atoms with Gasteiger partial charge < -0.3 is 40.6 Å². The molecule has 0 saturated carbocycles.